The minimum atomic E-state index is -0.587. The summed E-state index contributed by atoms with van der Waals surface area (Å²) in [7, 11) is 1.35. The molecule has 1 aromatic rings. The van der Waals surface area contributed by atoms with Crippen LogP contribution in [0.15, 0.2) is 20.9 Å². The lowest BCUT2D eigenvalue weighted by molar-refractivity contribution is -0.143. The van der Waals surface area contributed by atoms with E-state index >= 15 is 0 Å². The number of hydrogen-bond donors (Lipinski definition) is 0. The molecule has 16 heavy (non-hydrogen) atoms. The first-order valence-corrected chi connectivity index (χ1v) is 6.27. The molecule has 2 rings (SSSR count). The minimum Gasteiger partial charge on any atom is -0.469 e. The average molecular weight is 304 g/mol. The normalized spacial score (nSPS) is 23.8. The Hall–Kier alpha value is -0.880. The number of rotatable bonds is 2. The summed E-state index contributed by atoms with van der Waals surface area (Å²) in [5.41, 5.74) is 0. The van der Waals surface area contributed by atoms with E-state index < -0.39 is 6.04 Å². The third kappa shape index (κ3) is 2.12. The van der Waals surface area contributed by atoms with E-state index in [-0.39, 0.29) is 12.1 Å². The van der Waals surface area contributed by atoms with Crippen molar-refractivity contribution in [3.8, 4) is 0 Å². The lowest BCUT2D eigenvalue weighted by Gasteiger charge is -2.13. The summed E-state index contributed by atoms with van der Waals surface area (Å²) in [6.45, 7) is 1.73. The van der Waals surface area contributed by atoms with Gasteiger partial charge in [0.25, 0.3) is 0 Å². The van der Waals surface area contributed by atoms with Gasteiger partial charge in [-0.1, -0.05) is 0 Å². The molecule has 2 atom stereocenters. The van der Waals surface area contributed by atoms with Gasteiger partial charge >= 0.3 is 5.97 Å². The largest absolute Gasteiger partial charge is 0.469 e. The van der Waals surface area contributed by atoms with Crippen molar-refractivity contribution in [2.24, 2.45) is 4.99 Å². The highest BCUT2D eigenvalue weighted by Gasteiger charge is 2.37. The lowest BCUT2D eigenvalue weighted by atomic mass is 10.1. The number of ether oxygens (including phenoxy) is 2. The zero-order valence-electron chi connectivity index (χ0n) is 8.77. The van der Waals surface area contributed by atoms with Crippen molar-refractivity contribution in [1.82, 2.24) is 0 Å². The van der Waals surface area contributed by atoms with Crippen molar-refractivity contribution in [2.75, 3.05) is 7.11 Å². The molecule has 0 aromatic carbocycles. The molecule has 2 unspecified atom stereocenters. The SMILES string of the molecule is COC(=O)C1N=C(C)OC1c1ccc(Br)s1. The Balaban J connectivity index is 2.25. The molecule has 0 bridgehead atoms. The van der Waals surface area contributed by atoms with Crippen LogP contribution < -0.4 is 0 Å². The summed E-state index contributed by atoms with van der Waals surface area (Å²) in [4.78, 5) is 16.6. The number of carbonyl (C=O) groups is 1. The van der Waals surface area contributed by atoms with Crippen LogP contribution in [0.2, 0.25) is 0 Å². The van der Waals surface area contributed by atoms with Crippen LogP contribution in [0.25, 0.3) is 0 Å². The molecule has 1 aromatic heterocycles. The Bertz CT molecular complexity index is 443. The summed E-state index contributed by atoms with van der Waals surface area (Å²) in [6, 6.07) is 3.25. The van der Waals surface area contributed by atoms with Crippen LogP contribution in [0.1, 0.15) is 17.9 Å². The Morgan fingerprint density at radius 1 is 1.62 bits per heavy atom. The molecule has 0 fully saturated rings. The fourth-order valence-corrected chi connectivity index (χ4v) is 3.02. The van der Waals surface area contributed by atoms with Crippen LogP contribution in [0.3, 0.4) is 0 Å². The first kappa shape index (κ1) is 11.6. The number of esters is 1. The first-order chi connectivity index (χ1) is 7.61. The van der Waals surface area contributed by atoms with E-state index in [0.29, 0.717) is 5.90 Å². The molecule has 0 N–H and O–H groups in total. The second-order valence-corrected chi connectivity index (χ2v) is 5.79. The van der Waals surface area contributed by atoms with Gasteiger partial charge in [-0.2, -0.15) is 0 Å². The number of nitrogens with zero attached hydrogens (tertiary/aromatic N) is 1. The standard InChI is InChI=1S/C10H10BrNO3S/c1-5-12-8(10(13)14-2)9(15-5)6-3-4-7(11)16-6/h3-4,8-9H,1-2H3. The van der Waals surface area contributed by atoms with Gasteiger partial charge in [-0.05, 0) is 28.1 Å². The Morgan fingerprint density at radius 3 is 2.94 bits per heavy atom. The van der Waals surface area contributed by atoms with Gasteiger partial charge in [0, 0.05) is 11.8 Å². The number of methoxy groups -OCH3 is 1. The maximum absolute atomic E-state index is 11.5. The van der Waals surface area contributed by atoms with E-state index in [9.17, 15) is 4.79 Å². The molecule has 0 radical (unpaired) electrons. The summed E-state index contributed by atoms with van der Waals surface area (Å²) in [5.74, 6) is 0.149. The van der Waals surface area contributed by atoms with Crippen LogP contribution in [-0.2, 0) is 14.3 Å². The van der Waals surface area contributed by atoms with Crippen LogP contribution >= 0.6 is 27.3 Å². The number of halogens is 1. The van der Waals surface area contributed by atoms with Gasteiger partial charge < -0.3 is 9.47 Å². The first-order valence-electron chi connectivity index (χ1n) is 4.66. The minimum absolute atomic E-state index is 0.358. The van der Waals surface area contributed by atoms with Crippen LogP contribution in [-0.4, -0.2) is 25.0 Å². The molecule has 1 aliphatic rings. The lowest BCUT2D eigenvalue weighted by Crippen LogP contribution is -2.24. The van der Waals surface area contributed by atoms with E-state index in [1.807, 2.05) is 12.1 Å². The predicted octanol–water partition coefficient (Wildman–Crippen LogP) is 2.54. The number of hydrogen-bond acceptors (Lipinski definition) is 5. The van der Waals surface area contributed by atoms with Gasteiger partial charge in [0.15, 0.2) is 18.0 Å². The molecular formula is C10H10BrNO3S. The number of thiophene rings is 1. The average Bonchev–Trinajstić information content (AvgIpc) is 2.83. The fourth-order valence-electron chi connectivity index (χ4n) is 1.53. The molecule has 1 aliphatic heterocycles. The summed E-state index contributed by atoms with van der Waals surface area (Å²) in [5, 5.41) is 0. The summed E-state index contributed by atoms with van der Waals surface area (Å²) >= 11 is 4.91. The third-order valence-electron chi connectivity index (χ3n) is 2.22. The fraction of sp³-hybridized carbons (Fsp3) is 0.400. The smallest absolute Gasteiger partial charge is 0.335 e. The molecule has 2 heterocycles. The van der Waals surface area contributed by atoms with Crippen molar-refractivity contribution in [1.29, 1.82) is 0 Å². The molecule has 0 saturated heterocycles. The van der Waals surface area contributed by atoms with E-state index in [1.54, 1.807) is 6.92 Å². The second-order valence-electron chi connectivity index (χ2n) is 3.30. The Morgan fingerprint density at radius 2 is 2.38 bits per heavy atom. The van der Waals surface area contributed by atoms with Crippen LogP contribution in [0.5, 0.6) is 0 Å². The van der Waals surface area contributed by atoms with Crippen LogP contribution in [0, 0.1) is 0 Å². The molecule has 0 aliphatic carbocycles. The van der Waals surface area contributed by atoms with E-state index in [4.69, 9.17) is 9.47 Å². The maximum Gasteiger partial charge on any atom is 0.335 e. The van der Waals surface area contributed by atoms with E-state index in [2.05, 4.69) is 20.9 Å². The molecule has 0 amide bonds. The van der Waals surface area contributed by atoms with Gasteiger partial charge in [0.2, 0.25) is 0 Å². The second kappa shape index (κ2) is 4.55. The van der Waals surface area contributed by atoms with Crippen LogP contribution in [0.4, 0.5) is 0 Å². The highest BCUT2D eigenvalue weighted by atomic mass is 79.9. The van der Waals surface area contributed by atoms with Gasteiger partial charge in [-0.25, -0.2) is 9.79 Å². The summed E-state index contributed by atoms with van der Waals surface area (Å²) in [6.07, 6.45) is -0.358. The van der Waals surface area contributed by atoms with Crippen molar-refractivity contribution in [3.63, 3.8) is 0 Å². The Kier molecular flexibility index (Phi) is 3.30. The quantitative estimate of drug-likeness (QED) is 0.789. The molecule has 86 valence electrons. The zero-order valence-corrected chi connectivity index (χ0v) is 11.2. The van der Waals surface area contributed by atoms with Crippen molar-refractivity contribution in [3.05, 3.63) is 20.8 Å². The van der Waals surface area contributed by atoms with Crippen molar-refractivity contribution >= 4 is 39.1 Å². The van der Waals surface area contributed by atoms with Gasteiger partial charge in [-0.3, -0.25) is 0 Å². The van der Waals surface area contributed by atoms with E-state index in [1.165, 1.54) is 18.4 Å². The third-order valence-corrected chi connectivity index (χ3v) is 3.91. The highest BCUT2D eigenvalue weighted by Crippen LogP contribution is 2.35. The summed E-state index contributed by atoms with van der Waals surface area (Å²) < 4.78 is 11.2. The van der Waals surface area contributed by atoms with Gasteiger partial charge in [0.05, 0.1) is 10.9 Å². The van der Waals surface area contributed by atoms with Crippen molar-refractivity contribution in [2.45, 2.75) is 19.1 Å². The monoisotopic (exact) mass is 303 g/mol. The van der Waals surface area contributed by atoms with E-state index in [0.717, 1.165) is 8.66 Å². The molecular weight excluding hydrogens is 294 g/mol. The number of carbonyl (C=O) groups excluding carboxylic acids is 1. The maximum atomic E-state index is 11.5. The highest BCUT2D eigenvalue weighted by molar-refractivity contribution is 9.11. The zero-order chi connectivity index (χ0) is 11.7. The molecule has 0 spiro atoms. The predicted molar refractivity (Wildman–Crippen MR) is 64.8 cm³/mol. The van der Waals surface area contributed by atoms with Crippen molar-refractivity contribution < 1.29 is 14.3 Å². The number of aliphatic imine (C=N–C) groups is 1. The van der Waals surface area contributed by atoms with Gasteiger partial charge in [-0.15, -0.1) is 11.3 Å². The van der Waals surface area contributed by atoms with Gasteiger partial charge in [0.1, 0.15) is 0 Å². The molecule has 4 nitrogen and oxygen atoms in total. The Labute approximate surface area is 105 Å². The molecule has 6 heteroatoms. The molecule has 0 saturated carbocycles. The topological polar surface area (TPSA) is 47.9 Å².